The van der Waals surface area contributed by atoms with Crippen LogP contribution in [0.25, 0.3) is 11.3 Å². The summed E-state index contributed by atoms with van der Waals surface area (Å²) in [6.45, 7) is 21.0. The van der Waals surface area contributed by atoms with Crippen molar-refractivity contribution in [2.75, 3.05) is 43.1 Å². The predicted octanol–water partition coefficient (Wildman–Crippen LogP) is 8.36. The Kier molecular flexibility index (Phi) is 11.3. The van der Waals surface area contributed by atoms with Gasteiger partial charge < -0.3 is 24.0 Å². The van der Waals surface area contributed by atoms with Crippen molar-refractivity contribution >= 4 is 28.9 Å². The Morgan fingerprint density at radius 2 is 1.76 bits per heavy atom. The molecule has 9 heteroatoms. The highest BCUT2D eigenvalue weighted by molar-refractivity contribution is 6.32. The van der Waals surface area contributed by atoms with Crippen molar-refractivity contribution < 1.29 is 19.0 Å². The number of rotatable bonds is 11. The van der Waals surface area contributed by atoms with E-state index >= 15 is 0 Å². The zero-order valence-corrected chi connectivity index (χ0v) is 30.0. The van der Waals surface area contributed by atoms with Gasteiger partial charge in [0.2, 0.25) is 0 Å². The van der Waals surface area contributed by atoms with Gasteiger partial charge in [0.25, 0.3) is 0 Å². The van der Waals surface area contributed by atoms with Gasteiger partial charge in [-0.15, -0.1) is 0 Å². The van der Waals surface area contributed by atoms with Crippen LogP contribution in [0.3, 0.4) is 0 Å². The first-order valence-electron chi connectivity index (χ1n) is 16.2. The third-order valence-corrected chi connectivity index (χ3v) is 8.62. The summed E-state index contributed by atoms with van der Waals surface area (Å²) < 4.78 is 18.2. The number of benzene rings is 1. The van der Waals surface area contributed by atoms with Crippen LogP contribution in [0, 0.1) is 19.3 Å². The van der Waals surface area contributed by atoms with Crippen molar-refractivity contribution in [3.63, 3.8) is 0 Å². The second-order valence-corrected chi connectivity index (χ2v) is 14.7. The van der Waals surface area contributed by atoms with Crippen molar-refractivity contribution in [3.05, 3.63) is 64.6 Å². The number of carbonyl (C=O) groups excluding carboxylic acids is 1. The van der Waals surface area contributed by atoms with Crippen LogP contribution < -0.4 is 14.5 Å². The number of halogens is 1. The quantitative estimate of drug-likeness (QED) is 0.192. The highest BCUT2D eigenvalue weighted by atomic mass is 35.5. The van der Waals surface area contributed by atoms with Gasteiger partial charge in [0.15, 0.2) is 6.10 Å². The van der Waals surface area contributed by atoms with E-state index < -0.39 is 17.7 Å². The summed E-state index contributed by atoms with van der Waals surface area (Å²) in [6, 6.07) is 9.82. The van der Waals surface area contributed by atoms with Gasteiger partial charge in [0.1, 0.15) is 12.4 Å². The number of anilines is 2. The van der Waals surface area contributed by atoms with Crippen LogP contribution in [0.5, 0.6) is 5.75 Å². The number of hydrogen-bond acceptors (Lipinski definition) is 8. The van der Waals surface area contributed by atoms with Gasteiger partial charge in [-0.25, -0.2) is 4.79 Å². The third kappa shape index (κ3) is 8.91. The normalized spacial score (nSPS) is 15.5. The Labute approximate surface area is 280 Å². The Hall–Kier alpha value is -3.36. The molecular weight excluding hydrogens is 600 g/mol. The van der Waals surface area contributed by atoms with Crippen LogP contribution in [0.4, 0.5) is 11.4 Å². The van der Waals surface area contributed by atoms with Gasteiger partial charge in [-0.3, -0.25) is 9.97 Å². The molecule has 1 saturated heterocycles. The van der Waals surface area contributed by atoms with Gasteiger partial charge in [-0.1, -0.05) is 37.6 Å². The van der Waals surface area contributed by atoms with Gasteiger partial charge in [0, 0.05) is 43.2 Å². The second-order valence-electron chi connectivity index (χ2n) is 14.3. The van der Waals surface area contributed by atoms with Gasteiger partial charge in [-0.2, -0.15) is 0 Å². The van der Waals surface area contributed by atoms with E-state index in [0.29, 0.717) is 23.9 Å². The van der Waals surface area contributed by atoms with E-state index in [1.165, 1.54) is 0 Å². The monoisotopic (exact) mass is 650 g/mol. The fourth-order valence-electron chi connectivity index (χ4n) is 5.64. The van der Waals surface area contributed by atoms with Gasteiger partial charge in [-0.05, 0) is 90.5 Å². The van der Waals surface area contributed by atoms with Crippen molar-refractivity contribution in [1.82, 2.24) is 9.97 Å². The van der Waals surface area contributed by atoms with Crippen LogP contribution in [-0.4, -0.2) is 60.9 Å². The van der Waals surface area contributed by atoms with Crippen molar-refractivity contribution in [2.24, 2.45) is 5.41 Å². The minimum Gasteiger partial charge on any atom is -0.490 e. The topological polar surface area (TPSA) is 77.0 Å². The summed E-state index contributed by atoms with van der Waals surface area (Å²) in [5.74, 6) is 0.304. The molecule has 1 fully saturated rings. The van der Waals surface area contributed by atoms with Crippen LogP contribution in [0.1, 0.15) is 84.2 Å². The SMILES string of the molecule is Cc1cccc(Cl)c1OCCN(C)c1ccc(-c2cnc(C)c([C@H](OC(C)(C)C)C(=O)OC(C)C)c2N2CCC(C)(C)CC2)nc1. The number of piperidine rings is 1. The van der Waals surface area contributed by atoms with Crippen molar-refractivity contribution in [2.45, 2.75) is 93.0 Å². The number of esters is 1. The first-order chi connectivity index (χ1) is 21.6. The molecule has 0 unspecified atom stereocenters. The standard InChI is InChI=1S/C37H51ClN4O4/c1-24(2)45-35(43)34(46-36(5,6)7)31-26(4)39-23-28(32(31)42-18-16-37(8,9)17-19-42)30-15-14-27(22-40-30)41(10)20-21-44-33-25(3)12-11-13-29(33)38/h11-15,22-24,34H,16-21H2,1-10H3/t34-/m0/s1. The molecular formula is C37H51ClN4O4. The summed E-state index contributed by atoms with van der Waals surface area (Å²) in [5.41, 5.74) is 5.68. The number of aryl methyl sites for hydroxylation is 2. The molecule has 1 aliphatic rings. The maximum absolute atomic E-state index is 13.7. The van der Waals surface area contributed by atoms with E-state index in [1.807, 2.05) is 92.2 Å². The average Bonchev–Trinajstić information content (AvgIpc) is 2.97. The molecule has 1 aliphatic heterocycles. The number of hydrogen-bond donors (Lipinski definition) is 0. The van der Waals surface area contributed by atoms with E-state index in [1.54, 1.807) is 0 Å². The molecule has 0 N–H and O–H groups in total. The van der Waals surface area contributed by atoms with Gasteiger partial charge in [0.05, 0.1) is 46.5 Å². The van der Waals surface area contributed by atoms with Crippen LogP contribution >= 0.6 is 11.6 Å². The minimum absolute atomic E-state index is 0.246. The fourth-order valence-corrected chi connectivity index (χ4v) is 5.92. The molecule has 0 saturated carbocycles. The van der Waals surface area contributed by atoms with E-state index in [4.69, 9.17) is 35.8 Å². The predicted molar refractivity (Wildman–Crippen MR) is 187 cm³/mol. The average molecular weight is 651 g/mol. The maximum atomic E-state index is 13.7. The van der Waals surface area contributed by atoms with Gasteiger partial charge >= 0.3 is 5.97 Å². The van der Waals surface area contributed by atoms with Crippen LogP contribution in [0.15, 0.2) is 42.7 Å². The smallest absolute Gasteiger partial charge is 0.340 e. The van der Waals surface area contributed by atoms with Crippen LogP contribution in [-0.2, 0) is 14.3 Å². The number of pyridine rings is 2. The Morgan fingerprint density at radius 3 is 2.35 bits per heavy atom. The lowest BCUT2D eigenvalue weighted by molar-refractivity contribution is -0.171. The first kappa shape index (κ1) is 35.5. The summed E-state index contributed by atoms with van der Waals surface area (Å²) in [4.78, 5) is 27.9. The molecule has 46 heavy (non-hydrogen) atoms. The molecule has 0 radical (unpaired) electrons. The largest absolute Gasteiger partial charge is 0.490 e. The number of nitrogens with zero attached hydrogens (tertiary/aromatic N) is 4. The number of likely N-dealkylation sites (N-methyl/N-ethyl adjacent to an activating group) is 1. The number of ether oxygens (including phenoxy) is 3. The molecule has 0 bridgehead atoms. The fraction of sp³-hybridized carbons (Fsp3) is 0.541. The summed E-state index contributed by atoms with van der Waals surface area (Å²) >= 11 is 6.34. The molecule has 0 spiro atoms. The second kappa shape index (κ2) is 14.6. The van der Waals surface area contributed by atoms with E-state index in [2.05, 4.69) is 29.7 Å². The van der Waals surface area contributed by atoms with E-state index in [9.17, 15) is 4.79 Å². The molecule has 0 amide bonds. The maximum Gasteiger partial charge on any atom is 0.340 e. The number of carbonyl (C=O) groups is 1. The molecule has 3 heterocycles. The summed E-state index contributed by atoms with van der Waals surface area (Å²) in [7, 11) is 2.01. The molecule has 8 nitrogen and oxygen atoms in total. The molecule has 4 rings (SSSR count). The number of aromatic nitrogens is 2. The van der Waals surface area contributed by atoms with E-state index in [-0.39, 0.29) is 11.5 Å². The summed E-state index contributed by atoms with van der Waals surface area (Å²) in [6.07, 6.45) is 4.59. The Morgan fingerprint density at radius 1 is 1.07 bits per heavy atom. The third-order valence-electron chi connectivity index (χ3n) is 8.32. The van der Waals surface area contributed by atoms with Crippen LogP contribution in [0.2, 0.25) is 5.02 Å². The lowest BCUT2D eigenvalue weighted by Gasteiger charge is -2.41. The zero-order valence-electron chi connectivity index (χ0n) is 29.2. The molecule has 0 aliphatic carbocycles. The van der Waals surface area contributed by atoms with E-state index in [0.717, 1.165) is 65.4 Å². The molecule has 3 aromatic rings. The minimum atomic E-state index is -0.938. The van der Waals surface area contributed by atoms with Crippen molar-refractivity contribution in [3.8, 4) is 17.0 Å². The zero-order chi connectivity index (χ0) is 33.8. The molecule has 2 aromatic heterocycles. The number of para-hydroxylation sites is 1. The lowest BCUT2D eigenvalue weighted by atomic mass is 9.82. The molecule has 1 atom stereocenters. The van der Waals surface area contributed by atoms with Crippen molar-refractivity contribution in [1.29, 1.82) is 0 Å². The first-order valence-corrected chi connectivity index (χ1v) is 16.6. The molecule has 1 aromatic carbocycles. The molecule has 250 valence electrons. The Bertz CT molecular complexity index is 1470. The Balaban J connectivity index is 1.69. The lowest BCUT2D eigenvalue weighted by Crippen LogP contribution is -2.39. The highest BCUT2D eigenvalue weighted by Gasteiger charge is 2.37. The summed E-state index contributed by atoms with van der Waals surface area (Å²) in [5, 5.41) is 0.612. The highest BCUT2D eigenvalue weighted by Crippen LogP contribution is 2.43.